The number of nitrogens with one attached hydrogen (secondary N) is 1. The van der Waals surface area contributed by atoms with Gasteiger partial charge in [-0.05, 0) is 55.4 Å². The molecule has 2 nitrogen and oxygen atoms in total. The number of aromatic nitrogens is 1. The summed E-state index contributed by atoms with van der Waals surface area (Å²) < 4.78 is 0. The predicted octanol–water partition coefficient (Wildman–Crippen LogP) is 2.62. The van der Waals surface area contributed by atoms with Crippen LogP contribution in [0, 0.1) is 12.8 Å². The van der Waals surface area contributed by atoms with Crippen LogP contribution in [0.2, 0.25) is 0 Å². The van der Waals surface area contributed by atoms with E-state index >= 15 is 0 Å². The Hall–Kier alpha value is -0.540. The number of hydrogen-bond acceptors (Lipinski definition) is 3. The lowest BCUT2D eigenvalue weighted by Gasteiger charge is -2.21. The van der Waals surface area contributed by atoms with Crippen LogP contribution in [0.3, 0.4) is 0 Å². The van der Waals surface area contributed by atoms with Gasteiger partial charge in [0.1, 0.15) is 0 Å². The van der Waals surface area contributed by atoms with Crippen molar-refractivity contribution in [3.05, 3.63) is 29.6 Å². The summed E-state index contributed by atoms with van der Waals surface area (Å²) in [7, 11) is 0. The number of aryl methyl sites for hydroxylation is 1. The average Bonchev–Trinajstić information content (AvgIpc) is 2.33. The van der Waals surface area contributed by atoms with Gasteiger partial charge in [0, 0.05) is 18.4 Å². The first-order valence-electron chi connectivity index (χ1n) is 6.04. The molecule has 0 radical (unpaired) electrons. The van der Waals surface area contributed by atoms with Crippen LogP contribution >= 0.6 is 11.8 Å². The topological polar surface area (TPSA) is 24.9 Å². The van der Waals surface area contributed by atoms with E-state index in [1.807, 2.05) is 13.1 Å². The number of nitrogens with zero attached hydrogens (tertiary/aromatic N) is 1. The molecule has 0 aliphatic carbocycles. The van der Waals surface area contributed by atoms with E-state index < -0.39 is 0 Å². The summed E-state index contributed by atoms with van der Waals surface area (Å²) in [5.74, 6) is 3.58. The molecule has 0 aromatic carbocycles. The van der Waals surface area contributed by atoms with Gasteiger partial charge in [-0.25, -0.2) is 0 Å². The second-order valence-electron chi connectivity index (χ2n) is 4.49. The van der Waals surface area contributed by atoms with E-state index in [1.165, 1.54) is 29.9 Å². The molecule has 1 aliphatic rings. The van der Waals surface area contributed by atoms with E-state index in [-0.39, 0.29) is 0 Å². The third-order valence-corrected chi connectivity index (χ3v) is 4.12. The zero-order valence-electron chi connectivity index (χ0n) is 9.91. The number of hydrogen-bond donors (Lipinski definition) is 1. The quantitative estimate of drug-likeness (QED) is 0.870. The van der Waals surface area contributed by atoms with Crippen molar-refractivity contribution in [2.24, 2.45) is 5.92 Å². The first-order valence-corrected chi connectivity index (χ1v) is 7.20. The van der Waals surface area contributed by atoms with Crippen LogP contribution in [-0.4, -0.2) is 23.0 Å². The van der Waals surface area contributed by atoms with Gasteiger partial charge in [0.15, 0.2) is 0 Å². The van der Waals surface area contributed by atoms with Gasteiger partial charge < -0.3 is 5.32 Å². The van der Waals surface area contributed by atoms with Crippen molar-refractivity contribution in [1.82, 2.24) is 10.3 Å². The third-order valence-electron chi connectivity index (χ3n) is 3.08. The zero-order valence-corrected chi connectivity index (χ0v) is 10.7. The van der Waals surface area contributed by atoms with Crippen LogP contribution in [0.15, 0.2) is 18.3 Å². The molecular weight excluding hydrogens is 216 g/mol. The van der Waals surface area contributed by atoms with E-state index in [0.717, 1.165) is 24.7 Å². The van der Waals surface area contributed by atoms with Crippen molar-refractivity contribution in [3.8, 4) is 0 Å². The molecule has 0 saturated carbocycles. The van der Waals surface area contributed by atoms with Crippen LogP contribution in [0.25, 0.3) is 0 Å². The van der Waals surface area contributed by atoms with E-state index in [9.17, 15) is 0 Å². The monoisotopic (exact) mass is 236 g/mol. The average molecular weight is 236 g/mol. The highest BCUT2D eigenvalue weighted by molar-refractivity contribution is 7.99. The Morgan fingerprint density at radius 2 is 2.19 bits per heavy atom. The Labute approximate surface area is 102 Å². The molecule has 1 aromatic rings. The molecule has 0 amide bonds. The minimum absolute atomic E-state index is 0.889. The maximum absolute atomic E-state index is 4.30. The summed E-state index contributed by atoms with van der Waals surface area (Å²) in [4.78, 5) is 4.30. The summed E-state index contributed by atoms with van der Waals surface area (Å²) in [6.07, 6.45) is 4.73. The molecule has 1 aliphatic heterocycles. The maximum atomic E-state index is 4.30. The largest absolute Gasteiger partial charge is 0.312 e. The van der Waals surface area contributed by atoms with Crippen LogP contribution in [-0.2, 0) is 6.54 Å². The van der Waals surface area contributed by atoms with E-state index in [0.29, 0.717) is 0 Å². The molecule has 0 atom stereocenters. The Balaban J connectivity index is 1.69. The van der Waals surface area contributed by atoms with Gasteiger partial charge >= 0.3 is 0 Å². The van der Waals surface area contributed by atoms with E-state index in [2.05, 4.69) is 34.2 Å². The van der Waals surface area contributed by atoms with Crippen molar-refractivity contribution in [2.45, 2.75) is 26.3 Å². The highest BCUT2D eigenvalue weighted by Crippen LogP contribution is 2.21. The van der Waals surface area contributed by atoms with Crippen molar-refractivity contribution in [2.75, 3.05) is 18.1 Å². The summed E-state index contributed by atoms with van der Waals surface area (Å²) in [5, 5.41) is 3.54. The lowest BCUT2D eigenvalue weighted by Crippen LogP contribution is -2.25. The lowest BCUT2D eigenvalue weighted by molar-refractivity contribution is 0.447. The van der Waals surface area contributed by atoms with Gasteiger partial charge in [0.2, 0.25) is 0 Å². The van der Waals surface area contributed by atoms with Crippen molar-refractivity contribution in [3.63, 3.8) is 0 Å². The summed E-state index contributed by atoms with van der Waals surface area (Å²) in [6, 6.07) is 4.24. The highest BCUT2D eigenvalue weighted by Gasteiger charge is 2.12. The molecule has 2 rings (SSSR count). The lowest BCUT2D eigenvalue weighted by atomic mass is 10.0. The first kappa shape index (κ1) is 11.9. The van der Waals surface area contributed by atoms with Crippen LogP contribution in [0.4, 0.5) is 0 Å². The molecule has 0 unspecified atom stereocenters. The Morgan fingerprint density at radius 1 is 1.38 bits per heavy atom. The predicted molar refractivity (Wildman–Crippen MR) is 70.7 cm³/mol. The van der Waals surface area contributed by atoms with Gasteiger partial charge in [-0.3, -0.25) is 4.98 Å². The first-order chi connectivity index (χ1) is 7.84. The fourth-order valence-corrected chi connectivity index (χ4v) is 3.18. The van der Waals surface area contributed by atoms with Crippen molar-refractivity contribution in [1.29, 1.82) is 0 Å². The standard InChI is InChI=1S/C13H20N2S/c1-11-2-3-13(10-15-11)9-14-8-12-4-6-16-7-5-12/h2-3,10,12,14H,4-9H2,1H3. The molecule has 3 heteroatoms. The van der Waals surface area contributed by atoms with Gasteiger partial charge in [-0.1, -0.05) is 6.07 Å². The minimum atomic E-state index is 0.889. The third kappa shape index (κ3) is 3.80. The number of thioether (sulfide) groups is 1. The summed E-state index contributed by atoms with van der Waals surface area (Å²) in [5.41, 5.74) is 2.38. The molecular formula is C13H20N2S. The highest BCUT2D eigenvalue weighted by atomic mass is 32.2. The van der Waals surface area contributed by atoms with E-state index in [4.69, 9.17) is 0 Å². The van der Waals surface area contributed by atoms with Gasteiger partial charge in [-0.15, -0.1) is 0 Å². The molecule has 1 N–H and O–H groups in total. The van der Waals surface area contributed by atoms with Gasteiger partial charge in [0.05, 0.1) is 0 Å². The van der Waals surface area contributed by atoms with Crippen LogP contribution in [0.5, 0.6) is 0 Å². The minimum Gasteiger partial charge on any atom is -0.312 e. The Kier molecular flexibility index (Phi) is 4.67. The molecule has 1 fully saturated rings. The molecule has 1 aromatic heterocycles. The Bertz CT molecular complexity index is 304. The molecule has 0 spiro atoms. The fraction of sp³-hybridized carbons (Fsp3) is 0.615. The van der Waals surface area contributed by atoms with Gasteiger partial charge in [-0.2, -0.15) is 11.8 Å². The number of rotatable bonds is 4. The number of pyridine rings is 1. The molecule has 2 heterocycles. The molecule has 1 saturated heterocycles. The second kappa shape index (κ2) is 6.26. The van der Waals surface area contributed by atoms with Crippen LogP contribution < -0.4 is 5.32 Å². The molecule has 88 valence electrons. The molecule has 0 bridgehead atoms. The van der Waals surface area contributed by atoms with Crippen LogP contribution in [0.1, 0.15) is 24.1 Å². The zero-order chi connectivity index (χ0) is 11.2. The van der Waals surface area contributed by atoms with Crippen molar-refractivity contribution >= 4 is 11.8 Å². The summed E-state index contributed by atoms with van der Waals surface area (Å²) >= 11 is 2.09. The molecule has 16 heavy (non-hydrogen) atoms. The van der Waals surface area contributed by atoms with Gasteiger partial charge in [0.25, 0.3) is 0 Å². The SMILES string of the molecule is Cc1ccc(CNCC2CCSCC2)cn1. The van der Waals surface area contributed by atoms with E-state index in [1.54, 1.807) is 0 Å². The van der Waals surface area contributed by atoms with Crippen molar-refractivity contribution < 1.29 is 0 Å². The second-order valence-corrected chi connectivity index (χ2v) is 5.72. The normalized spacial score (nSPS) is 17.6. The maximum Gasteiger partial charge on any atom is 0.0372 e. The Morgan fingerprint density at radius 3 is 2.88 bits per heavy atom. The fourth-order valence-electron chi connectivity index (χ4n) is 1.97. The smallest absolute Gasteiger partial charge is 0.0372 e. The summed E-state index contributed by atoms with van der Waals surface area (Å²) in [6.45, 7) is 4.14.